The molecule has 1 heterocycles. The molecular weight excluding hydrogens is 629 g/mol. The van der Waals surface area contributed by atoms with E-state index in [9.17, 15) is 0 Å². The predicted octanol–water partition coefficient (Wildman–Crippen LogP) is 17.4. The van der Waals surface area contributed by atoms with Crippen LogP contribution in [-0.2, 0) is 19.5 Å². The van der Waals surface area contributed by atoms with E-state index in [1.165, 1.54) is 283 Å². The zero-order chi connectivity index (χ0) is 37.3. The van der Waals surface area contributed by atoms with Gasteiger partial charge in [0.25, 0.3) is 5.82 Å². The fourth-order valence-electron chi connectivity index (χ4n) is 8.45. The lowest BCUT2D eigenvalue weighted by atomic mass is 10.0. The first kappa shape index (κ1) is 49.2. The number of imidazole rings is 1. The number of hydrogen-bond acceptors (Lipinski definition) is 0. The zero-order valence-electron chi connectivity index (χ0n) is 36.7. The first-order valence-electron chi connectivity index (χ1n) is 24.9. The molecule has 0 aliphatic rings. The largest absolute Gasteiger partial charge is 0.256 e. The third-order valence-corrected chi connectivity index (χ3v) is 12.1. The maximum Gasteiger partial charge on any atom is 0.256 e. The molecule has 2 nitrogen and oxygen atoms in total. The van der Waals surface area contributed by atoms with E-state index in [1.54, 1.807) is 5.82 Å². The third-order valence-electron chi connectivity index (χ3n) is 12.1. The van der Waals surface area contributed by atoms with E-state index in [1.807, 2.05) is 0 Å². The van der Waals surface area contributed by atoms with Gasteiger partial charge >= 0.3 is 0 Å². The molecule has 1 rings (SSSR count). The summed E-state index contributed by atoms with van der Waals surface area (Å²) < 4.78 is 5.31. The topological polar surface area (TPSA) is 8.81 Å². The van der Waals surface area contributed by atoms with Crippen LogP contribution in [0.25, 0.3) is 0 Å². The van der Waals surface area contributed by atoms with E-state index in [0.717, 1.165) is 0 Å². The second-order valence-electron chi connectivity index (χ2n) is 17.3. The Bertz CT molecular complexity index is 796. The Morgan fingerprint density at radius 2 is 0.596 bits per heavy atom. The lowest BCUT2D eigenvalue weighted by Gasteiger charge is -2.07. The third kappa shape index (κ3) is 32.6. The van der Waals surface area contributed by atoms with Crippen molar-refractivity contribution in [3.05, 3.63) is 18.2 Å². The molecule has 0 bridgehead atoms. The molecule has 1 aromatic rings. The van der Waals surface area contributed by atoms with Crippen LogP contribution in [0.3, 0.4) is 0 Å². The molecule has 0 saturated heterocycles. The minimum atomic E-state index is 1.23. The summed E-state index contributed by atoms with van der Waals surface area (Å²) in [5.74, 6) is 1.63. The van der Waals surface area contributed by atoms with Gasteiger partial charge in [-0.3, -0.25) is 0 Å². The average Bonchev–Trinajstić information content (AvgIpc) is 3.54. The molecule has 0 amide bonds. The molecule has 0 aromatic carbocycles. The van der Waals surface area contributed by atoms with Crippen molar-refractivity contribution in [1.29, 1.82) is 0 Å². The van der Waals surface area contributed by atoms with Crippen LogP contribution in [0.2, 0.25) is 0 Å². The highest BCUT2D eigenvalue weighted by atomic mass is 15.1. The Hall–Kier alpha value is -0.790. The molecule has 2 heteroatoms. The second kappa shape index (κ2) is 41.4. The fourth-order valence-corrected chi connectivity index (χ4v) is 8.45. The fraction of sp³-hybridized carbons (Fsp3) is 0.940. The molecular formula is C50H99N2+. The molecule has 1 aromatic heterocycles. The number of aromatic nitrogens is 2. The summed E-state index contributed by atoms with van der Waals surface area (Å²) in [6.45, 7) is 9.42. The van der Waals surface area contributed by atoms with Crippen molar-refractivity contribution < 1.29 is 4.57 Å². The maximum absolute atomic E-state index is 2.66. The van der Waals surface area contributed by atoms with E-state index < -0.39 is 0 Å². The summed E-state index contributed by atoms with van der Waals surface area (Å²) in [4.78, 5) is 0. The summed E-state index contributed by atoms with van der Waals surface area (Å²) in [5, 5.41) is 0. The van der Waals surface area contributed by atoms with Gasteiger partial charge in [0.15, 0.2) is 0 Å². The number of unbranched alkanes of at least 4 members (excludes halogenated alkanes) is 38. The van der Waals surface area contributed by atoms with E-state index in [4.69, 9.17) is 0 Å². The number of aryl methyl sites for hydroxylation is 2. The lowest BCUT2D eigenvalue weighted by molar-refractivity contribution is -0.704. The van der Waals surface area contributed by atoms with Gasteiger partial charge in [0, 0.05) is 6.42 Å². The smallest absolute Gasteiger partial charge is 0.234 e. The summed E-state index contributed by atoms with van der Waals surface area (Å²) in [5.41, 5.74) is 0. The molecule has 0 N–H and O–H groups in total. The summed E-state index contributed by atoms with van der Waals surface area (Å²) in [6.07, 6.45) is 65.3. The van der Waals surface area contributed by atoms with Crippen LogP contribution in [0.1, 0.15) is 290 Å². The standard InChI is InChI=1S/C50H99N2/c1-4-7-10-13-16-19-22-24-26-27-28-29-31-33-36-39-42-45-50-51(46-43-40-37-34-21-18-15-12-9-6-3)48-49-52(50)47-44-41-38-35-32-30-25-23-20-17-14-11-8-5-2/h48-49H,4-47H2,1-3H3/q+1. The van der Waals surface area contributed by atoms with Crippen LogP contribution in [-0.4, -0.2) is 4.57 Å². The molecule has 0 spiro atoms. The van der Waals surface area contributed by atoms with Gasteiger partial charge in [-0.2, -0.15) is 0 Å². The van der Waals surface area contributed by atoms with Gasteiger partial charge in [-0.1, -0.05) is 252 Å². The van der Waals surface area contributed by atoms with Crippen molar-refractivity contribution in [1.82, 2.24) is 4.57 Å². The van der Waals surface area contributed by atoms with Gasteiger partial charge in [0.05, 0.1) is 13.1 Å². The van der Waals surface area contributed by atoms with Crippen molar-refractivity contribution in [3.8, 4) is 0 Å². The molecule has 52 heavy (non-hydrogen) atoms. The normalized spacial score (nSPS) is 11.7. The highest BCUT2D eigenvalue weighted by Gasteiger charge is 2.16. The Morgan fingerprint density at radius 1 is 0.327 bits per heavy atom. The highest BCUT2D eigenvalue weighted by molar-refractivity contribution is 4.84. The van der Waals surface area contributed by atoms with E-state index >= 15 is 0 Å². The van der Waals surface area contributed by atoms with Crippen LogP contribution in [0.5, 0.6) is 0 Å². The Balaban J connectivity index is 2.24. The van der Waals surface area contributed by atoms with Crippen molar-refractivity contribution in [2.24, 2.45) is 0 Å². The Kier molecular flexibility index (Phi) is 39.2. The second-order valence-corrected chi connectivity index (χ2v) is 17.3. The van der Waals surface area contributed by atoms with E-state index in [2.05, 4.69) is 42.3 Å². The van der Waals surface area contributed by atoms with Gasteiger partial charge in [0.2, 0.25) is 0 Å². The molecule has 0 atom stereocenters. The molecule has 0 saturated carbocycles. The molecule has 0 aliphatic carbocycles. The average molecular weight is 728 g/mol. The molecule has 0 aliphatic heterocycles. The minimum Gasteiger partial charge on any atom is -0.234 e. The van der Waals surface area contributed by atoms with Crippen molar-refractivity contribution in [2.45, 2.75) is 304 Å². The molecule has 0 unspecified atom stereocenters. The minimum absolute atomic E-state index is 1.23. The zero-order valence-corrected chi connectivity index (χ0v) is 36.7. The molecule has 0 fully saturated rings. The van der Waals surface area contributed by atoms with Crippen LogP contribution in [0.4, 0.5) is 0 Å². The summed E-state index contributed by atoms with van der Waals surface area (Å²) in [6, 6.07) is 0. The Labute approximate surface area is 329 Å². The predicted molar refractivity (Wildman–Crippen MR) is 235 cm³/mol. The number of nitrogens with zero attached hydrogens (tertiary/aromatic N) is 2. The van der Waals surface area contributed by atoms with Crippen LogP contribution >= 0.6 is 0 Å². The van der Waals surface area contributed by atoms with E-state index in [-0.39, 0.29) is 0 Å². The van der Waals surface area contributed by atoms with Gasteiger partial charge in [0.1, 0.15) is 12.4 Å². The van der Waals surface area contributed by atoms with Gasteiger partial charge in [-0.25, -0.2) is 9.13 Å². The first-order valence-corrected chi connectivity index (χ1v) is 24.9. The molecule has 0 radical (unpaired) electrons. The van der Waals surface area contributed by atoms with Crippen LogP contribution < -0.4 is 4.57 Å². The maximum atomic E-state index is 2.66. The van der Waals surface area contributed by atoms with Gasteiger partial charge < -0.3 is 0 Å². The quantitative estimate of drug-likeness (QED) is 0.0467. The lowest BCUT2D eigenvalue weighted by Crippen LogP contribution is -2.37. The van der Waals surface area contributed by atoms with Crippen LogP contribution in [0, 0.1) is 0 Å². The van der Waals surface area contributed by atoms with Crippen molar-refractivity contribution >= 4 is 0 Å². The van der Waals surface area contributed by atoms with E-state index in [0.29, 0.717) is 0 Å². The van der Waals surface area contributed by atoms with Crippen molar-refractivity contribution in [2.75, 3.05) is 0 Å². The first-order chi connectivity index (χ1) is 25.8. The summed E-state index contributed by atoms with van der Waals surface area (Å²) in [7, 11) is 0. The van der Waals surface area contributed by atoms with Crippen LogP contribution in [0.15, 0.2) is 12.4 Å². The number of hydrogen-bond donors (Lipinski definition) is 0. The Morgan fingerprint density at radius 3 is 0.923 bits per heavy atom. The SMILES string of the molecule is CCCCCCCCCCCCCCCCCCCc1n(CCCCCCCCCCCCCCCC)cc[n+]1CCCCCCCCCCCC. The van der Waals surface area contributed by atoms with Gasteiger partial charge in [-0.05, 0) is 32.1 Å². The van der Waals surface area contributed by atoms with Gasteiger partial charge in [-0.15, -0.1) is 0 Å². The highest BCUT2D eigenvalue weighted by Crippen LogP contribution is 2.17. The molecule has 308 valence electrons. The monoisotopic (exact) mass is 728 g/mol. The van der Waals surface area contributed by atoms with Crippen molar-refractivity contribution in [3.63, 3.8) is 0 Å². The summed E-state index contributed by atoms with van der Waals surface area (Å²) >= 11 is 0. The number of rotatable bonds is 44.